The summed E-state index contributed by atoms with van der Waals surface area (Å²) in [5.74, 6) is 1.20. The van der Waals surface area contributed by atoms with E-state index in [2.05, 4.69) is 6.92 Å². The molecule has 29 heavy (non-hydrogen) atoms. The van der Waals surface area contributed by atoms with Gasteiger partial charge in [-0.15, -0.1) is 0 Å². The summed E-state index contributed by atoms with van der Waals surface area (Å²) >= 11 is 13.7. The summed E-state index contributed by atoms with van der Waals surface area (Å²) in [6.07, 6.45) is 4.57. The Labute approximate surface area is 185 Å². The van der Waals surface area contributed by atoms with Crippen molar-refractivity contribution in [1.82, 2.24) is 9.80 Å². The molecule has 2 atom stereocenters. The molecule has 2 amide bonds. The van der Waals surface area contributed by atoms with Gasteiger partial charge in [-0.3, -0.25) is 14.5 Å². The summed E-state index contributed by atoms with van der Waals surface area (Å²) < 4.78 is 0. The van der Waals surface area contributed by atoms with Crippen molar-refractivity contribution < 1.29 is 9.59 Å². The number of amidine groups is 1. The van der Waals surface area contributed by atoms with Crippen LogP contribution in [0.1, 0.15) is 39.0 Å². The van der Waals surface area contributed by atoms with Crippen molar-refractivity contribution in [3.63, 3.8) is 0 Å². The van der Waals surface area contributed by atoms with E-state index in [4.69, 9.17) is 28.2 Å². The Morgan fingerprint density at radius 1 is 1.14 bits per heavy atom. The zero-order valence-corrected chi connectivity index (χ0v) is 18.8. The number of hydrogen-bond donors (Lipinski definition) is 0. The molecule has 8 heteroatoms. The van der Waals surface area contributed by atoms with Crippen LogP contribution in [0.2, 0.25) is 10.0 Å². The molecule has 3 aliphatic rings. The van der Waals surface area contributed by atoms with Crippen LogP contribution >= 0.6 is 35.0 Å². The zero-order chi connectivity index (χ0) is 20.5. The van der Waals surface area contributed by atoms with Gasteiger partial charge < -0.3 is 4.90 Å². The standard InChI is InChI=1S/C21H25Cl2N3O2S/c1-2-16-12-29-21(24-15-7-8-17(22)18(23)10-15)26(16)20(28)14-4-3-9-25(11-14)19(27)13-5-6-13/h7-8,10,13-14,16H,2-6,9,11-12H2,1H3. The molecule has 1 saturated carbocycles. The smallest absolute Gasteiger partial charge is 0.233 e. The van der Waals surface area contributed by atoms with E-state index in [1.54, 1.807) is 30.0 Å². The molecule has 2 saturated heterocycles. The highest BCUT2D eigenvalue weighted by molar-refractivity contribution is 8.14. The maximum absolute atomic E-state index is 13.5. The van der Waals surface area contributed by atoms with Crippen LogP contribution in [0, 0.1) is 11.8 Å². The van der Waals surface area contributed by atoms with E-state index in [0.29, 0.717) is 27.4 Å². The second-order valence-electron chi connectivity index (χ2n) is 7.97. The highest BCUT2D eigenvalue weighted by Gasteiger charge is 2.41. The van der Waals surface area contributed by atoms with Crippen LogP contribution in [-0.4, -0.2) is 51.7 Å². The number of rotatable bonds is 4. The summed E-state index contributed by atoms with van der Waals surface area (Å²) in [6.45, 7) is 3.40. The number of piperidine rings is 1. The first-order chi connectivity index (χ1) is 14.0. The molecule has 1 aromatic carbocycles. The Kier molecular flexibility index (Phi) is 6.42. The first-order valence-corrected chi connectivity index (χ1v) is 12.0. The van der Waals surface area contributed by atoms with Crippen molar-refractivity contribution >= 4 is 57.6 Å². The Hall–Kier alpha value is -1.24. The summed E-state index contributed by atoms with van der Waals surface area (Å²) in [7, 11) is 0. The first-order valence-electron chi connectivity index (χ1n) is 10.3. The molecule has 0 bridgehead atoms. The van der Waals surface area contributed by atoms with Crippen molar-refractivity contribution in [2.24, 2.45) is 16.8 Å². The molecular formula is C21H25Cl2N3O2S. The fourth-order valence-electron chi connectivity index (χ4n) is 3.96. The lowest BCUT2D eigenvalue weighted by Gasteiger charge is -2.35. The van der Waals surface area contributed by atoms with Crippen LogP contribution < -0.4 is 0 Å². The SMILES string of the molecule is CCC1CSC(=Nc2ccc(Cl)c(Cl)c2)N1C(=O)C1CCCN(C(=O)C2CC2)C1. The van der Waals surface area contributed by atoms with Crippen molar-refractivity contribution in [1.29, 1.82) is 0 Å². The molecule has 2 unspecified atom stereocenters. The number of benzene rings is 1. The van der Waals surface area contributed by atoms with Gasteiger partial charge in [0.15, 0.2) is 5.17 Å². The number of carbonyl (C=O) groups excluding carboxylic acids is 2. The fourth-order valence-corrected chi connectivity index (χ4v) is 5.53. The third kappa shape index (κ3) is 4.59. The van der Waals surface area contributed by atoms with Gasteiger partial charge in [0, 0.05) is 30.8 Å². The molecule has 5 nitrogen and oxygen atoms in total. The number of aliphatic imine (C=N–C) groups is 1. The van der Waals surface area contributed by atoms with Gasteiger partial charge in [-0.25, -0.2) is 4.99 Å². The molecule has 0 spiro atoms. The van der Waals surface area contributed by atoms with E-state index in [9.17, 15) is 9.59 Å². The average molecular weight is 454 g/mol. The van der Waals surface area contributed by atoms with E-state index >= 15 is 0 Å². The van der Waals surface area contributed by atoms with Gasteiger partial charge in [-0.05, 0) is 50.3 Å². The highest BCUT2D eigenvalue weighted by Crippen LogP contribution is 2.35. The van der Waals surface area contributed by atoms with Crippen LogP contribution in [0.5, 0.6) is 0 Å². The van der Waals surface area contributed by atoms with Gasteiger partial charge in [0.25, 0.3) is 0 Å². The van der Waals surface area contributed by atoms with Crippen molar-refractivity contribution in [2.45, 2.75) is 45.1 Å². The molecule has 2 heterocycles. The number of nitrogens with zero attached hydrogens (tertiary/aromatic N) is 3. The lowest BCUT2D eigenvalue weighted by Crippen LogP contribution is -2.49. The minimum Gasteiger partial charge on any atom is -0.342 e. The quantitative estimate of drug-likeness (QED) is 0.645. The molecule has 156 valence electrons. The van der Waals surface area contributed by atoms with Crippen molar-refractivity contribution in [2.75, 3.05) is 18.8 Å². The van der Waals surface area contributed by atoms with E-state index in [-0.39, 0.29) is 29.7 Å². The summed E-state index contributed by atoms with van der Waals surface area (Å²) in [5, 5.41) is 1.64. The van der Waals surface area contributed by atoms with Gasteiger partial charge in [0.2, 0.25) is 11.8 Å². The lowest BCUT2D eigenvalue weighted by atomic mass is 9.95. The van der Waals surface area contributed by atoms with Gasteiger partial charge >= 0.3 is 0 Å². The second-order valence-corrected chi connectivity index (χ2v) is 9.77. The molecule has 0 radical (unpaired) electrons. The van der Waals surface area contributed by atoms with Crippen LogP contribution in [0.15, 0.2) is 23.2 Å². The molecule has 2 aliphatic heterocycles. The predicted molar refractivity (Wildman–Crippen MR) is 119 cm³/mol. The minimum atomic E-state index is -0.154. The number of carbonyl (C=O) groups is 2. The Morgan fingerprint density at radius 3 is 2.62 bits per heavy atom. The molecular weight excluding hydrogens is 429 g/mol. The molecule has 3 fully saturated rings. The van der Waals surface area contributed by atoms with Crippen LogP contribution in [0.4, 0.5) is 5.69 Å². The third-order valence-electron chi connectivity index (χ3n) is 5.82. The monoisotopic (exact) mass is 453 g/mol. The van der Waals surface area contributed by atoms with Gasteiger partial charge in [-0.1, -0.05) is 41.9 Å². The predicted octanol–water partition coefficient (Wildman–Crippen LogP) is 4.98. The lowest BCUT2D eigenvalue weighted by molar-refractivity contribution is -0.139. The molecule has 4 rings (SSSR count). The first kappa shape index (κ1) is 21.0. The van der Waals surface area contributed by atoms with Crippen LogP contribution in [-0.2, 0) is 9.59 Å². The number of hydrogen-bond acceptors (Lipinski definition) is 4. The van der Waals surface area contributed by atoms with Crippen molar-refractivity contribution in [3.8, 4) is 0 Å². The molecule has 1 aromatic rings. The van der Waals surface area contributed by atoms with Crippen molar-refractivity contribution in [3.05, 3.63) is 28.2 Å². The Morgan fingerprint density at radius 2 is 1.93 bits per heavy atom. The summed E-state index contributed by atoms with van der Waals surface area (Å²) in [4.78, 5) is 34.5. The van der Waals surface area contributed by atoms with Gasteiger partial charge in [-0.2, -0.15) is 0 Å². The largest absolute Gasteiger partial charge is 0.342 e. The molecule has 1 aliphatic carbocycles. The molecule has 0 N–H and O–H groups in total. The van der Waals surface area contributed by atoms with Gasteiger partial charge in [0.05, 0.1) is 21.7 Å². The van der Waals surface area contributed by atoms with E-state index in [1.165, 1.54) is 0 Å². The average Bonchev–Trinajstić information content (AvgIpc) is 3.50. The zero-order valence-electron chi connectivity index (χ0n) is 16.4. The van der Waals surface area contributed by atoms with Crippen LogP contribution in [0.3, 0.4) is 0 Å². The summed E-state index contributed by atoms with van der Waals surface area (Å²) in [5.41, 5.74) is 0.686. The maximum atomic E-state index is 13.5. The third-order valence-corrected chi connectivity index (χ3v) is 7.66. The Balaban J connectivity index is 1.54. The number of amides is 2. The maximum Gasteiger partial charge on any atom is 0.233 e. The van der Waals surface area contributed by atoms with E-state index in [1.807, 2.05) is 9.80 Å². The van der Waals surface area contributed by atoms with E-state index < -0.39 is 0 Å². The second kappa shape index (κ2) is 8.86. The Bertz CT molecular complexity index is 843. The number of likely N-dealkylation sites (tertiary alicyclic amines) is 1. The number of thioether (sulfide) groups is 1. The summed E-state index contributed by atoms with van der Waals surface area (Å²) in [6, 6.07) is 5.37. The molecule has 0 aromatic heterocycles. The topological polar surface area (TPSA) is 53.0 Å². The fraction of sp³-hybridized carbons (Fsp3) is 0.571. The number of halogens is 2. The van der Waals surface area contributed by atoms with E-state index in [0.717, 1.165) is 44.4 Å². The van der Waals surface area contributed by atoms with Gasteiger partial charge in [0.1, 0.15) is 0 Å². The van der Waals surface area contributed by atoms with Crippen LogP contribution in [0.25, 0.3) is 0 Å². The highest BCUT2D eigenvalue weighted by atomic mass is 35.5. The minimum absolute atomic E-state index is 0.0916. The normalized spacial score (nSPS) is 26.2.